The largest absolute Gasteiger partial charge is 0.490 e. The van der Waals surface area contributed by atoms with Gasteiger partial charge in [0.1, 0.15) is 18.0 Å². The van der Waals surface area contributed by atoms with Gasteiger partial charge >= 0.3 is 12.1 Å². The molecule has 2 heterocycles. The Balaban J connectivity index is 0.000000532. The number of aliphatic carboxylic acids is 1. The second-order valence-corrected chi connectivity index (χ2v) is 10.0. The fraction of sp³-hybridized carbons (Fsp3) is 0.292. The van der Waals surface area contributed by atoms with Crippen LogP contribution in [0, 0.1) is 18.6 Å². The zero-order chi connectivity index (χ0) is 28.8. The Morgan fingerprint density at radius 1 is 1.13 bits per heavy atom. The number of rotatable bonds is 8. The van der Waals surface area contributed by atoms with Gasteiger partial charge in [-0.2, -0.15) is 13.2 Å². The zero-order valence-electron chi connectivity index (χ0n) is 20.5. The molecule has 4 rings (SSSR count). The smallest absolute Gasteiger partial charge is 0.475 e. The van der Waals surface area contributed by atoms with Gasteiger partial charge in [0.2, 0.25) is 0 Å². The van der Waals surface area contributed by atoms with Crippen molar-refractivity contribution < 1.29 is 40.3 Å². The average Bonchev–Trinajstić information content (AvgIpc) is 2.83. The number of hydrogen-bond acceptors (Lipinski definition) is 7. The van der Waals surface area contributed by atoms with Crippen molar-refractivity contribution >= 4 is 27.5 Å². The lowest BCUT2D eigenvalue weighted by molar-refractivity contribution is -0.192. The molecule has 39 heavy (non-hydrogen) atoms. The maximum absolute atomic E-state index is 15.0. The van der Waals surface area contributed by atoms with E-state index >= 15 is 4.39 Å². The minimum absolute atomic E-state index is 0.00897. The van der Waals surface area contributed by atoms with Gasteiger partial charge < -0.3 is 10.4 Å². The molecule has 15 heteroatoms. The van der Waals surface area contributed by atoms with E-state index in [1.54, 1.807) is 0 Å². The van der Waals surface area contributed by atoms with Crippen LogP contribution in [-0.4, -0.2) is 53.6 Å². The Labute approximate surface area is 220 Å². The summed E-state index contributed by atoms with van der Waals surface area (Å²) >= 11 is 0. The van der Waals surface area contributed by atoms with Gasteiger partial charge in [-0.3, -0.25) is 9.62 Å². The number of hydrogen-bond donors (Lipinski definition) is 3. The van der Waals surface area contributed by atoms with E-state index in [-0.39, 0.29) is 17.1 Å². The molecule has 0 saturated carbocycles. The standard InChI is InChI=1S/C22H23F2N5O2S.C2HF3O2/c1-15-19(26-12-16-5-2-3-6-17(16)13-29-9-4-10-29)11-18(23)22(21(15)24)32(30,31)28-20-7-8-25-14-27-20;3-2(4,5)1(6)7/h2-3,5-8,11,14,26H,4,9-10,12-13H2,1H3,(H,25,27,28);(H,6,7). The average molecular weight is 574 g/mol. The number of nitrogens with one attached hydrogen (secondary N) is 2. The molecule has 3 aromatic rings. The highest BCUT2D eigenvalue weighted by molar-refractivity contribution is 7.92. The normalized spacial score (nSPS) is 13.6. The fourth-order valence-electron chi connectivity index (χ4n) is 3.52. The number of carboxylic acids is 1. The van der Waals surface area contributed by atoms with Crippen LogP contribution in [-0.2, 0) is 27.9 Å². The number of halogens is 5. The van der Waals surface area contributed by atoms with Crippen LogP contribution in [0.4, 0.5) is 33.5 Å². The monoisotopic (exact) mass is 573 g/mol. The van der Waals surface area contributed by atoms with E-state index in [1.165, 1.54) is 25.6 Å². The number of anilines is 2. The maximum Gasteiger partial charge on any atom is 0.490 e. The minimum atomic E-state index is -5.08. The first-order valence-electron chi connectivity index (χ1n) is 11.4. The number of sulfonamides is 1. The Bertz CT molecular complexity index is 1420. The summed E-state index contributed by atoms with van der Waals surface area (Å²) in [6.45, 7) is 4.72. The van der Waals surface area contributed by atoms with E-state index < -0.39 is 38.7 Å². The molecule has 0 radical (unpaired) electrons. The predicted octanol–water partition coefficient (Wildman–Crippen LogP) is 4.32. The molecular formula is C24H24F5N5O4S. The summed E-state index contributed by atoms with van der Waals surface area (Å²) in [7, 11) is -4.52. The van der Waals surface area contributed by atoms with Crippen LogP contribution in [0.5, 0.6) is 0 Å². The van der Waals surface area contributed by atoms with Crippen LogP contribution in [0.2, 0.25) is 0 Å². The van der Waals surface area contributed by atoms with E-state index in [9.17, 15) is 26.0 Å². The number of alkyl halides is 3. The summed E-state index contributed by atoms with van der Waals surface area (Å²) in [4.78, 5) is 17.6. The molecule has 0 amide bonds. The Kier molecular flexibility index (Phi) is 9.40. The first-order chi connectivity index (χ1) is 18.3. The summed E-state index contributed by atoms with van der Waals surface area (Å²) in [5, 5.41) is 10.2. The summed E-state index contributed by atoms with van der Waals surface area (Å²) in [6.07, 6.45) is -1.45. The van der Waals surface area contributed by atoms with Gasteiger partial charge in [-0.15, -0.1) is 0 Å². The lowest BCUT2D eigenvalue weighted by atomic mass is 10.0. The van der Waals surface area contributed by atoms with Crippen LogP contribution < -0.4 is 10.0 Å². The lowest BCUT2D eigenvalue weighted by Gasteiger charge is -2.31. The molecule has 1 fully saturated rings. The van der Waals surface area contributed by atoms with Crippen molar-refractivity contribution in [3.63, 3.8) is 0 Å². The Hall–Kier alpha value is -3.85. The molecule has 2 aromatic carbocycles. The molecular weight excluding hydrogens is 549 g/mol. The van der Waals surface area contributed by atoms with E-state index in [0.29, 0.717) is 6.54 Å². The lowest BCUT2D eigenvalue weighted by Crippen LogP contribution is -2.36. The first kappa shape index (κ1) is 29.7. The second kappa shape index (κ2) is 12.3. The second-order valence-electron chi connectivity index (χ2n) is 8.43. The predicted molar refractivity (Wildman–Crippen MR) is 131 cm³/mol. The number of benzene rings is 2. The number of likely N-dealkylation sites (tertiary alicyclic amines) is 1. The Morgan fingerprint density at radius 3 is 2.31 bits per heavy atom. The number of carbonyl (C=O) groups is 1. The van der Waals surface area contributed by atoms with Gasteiger partial charge in [0.15, 0.2) is 10.7 Å². The van der Waals surface area contributed by atoms with Gasteiger partial charge in [-0.1, -0.05) is 24.3 Å². The van der Waals surface area contributed by atoms with E-state index in [4.69, 9.17) is 9.90 Å². The molecule has 3 N–H and O–H groups in total. The molecule has 1 saturated heterocycles. The highest BCUT2D eigenvalue weighted by Gasteiger charge is 2.38. The van der Waals surface area contributed by atoms with Crippen molar-refractivity contribution in [2.24, 2.45) is 0 Å². The van der Waals surface area contributed by atoms with Crippen LogP contribution in [0.15, 0.2) is 53.8 Å². The molecule has 0 unspecified atom stereocenters. The quantitative estimate of drug-likeness (QED) is 0.341. The van der Waals surface area contributed by atoms with E-state index in [1.807, 2.05) is 24.3 Å². The topological polar surface area (TPSA) is 125 Å². The number of carboxylic acid groups (broad SMARTS) is 1. The third-order valence-corrected chi connectivity index (χ3v) is 7.07. The first-order valence-corrected chi connectivity index (χ1v) is 12.9. The van der Waals surface area contributed by atoms with Crippen LogP contribution >= 0.6 is 0 Å². The molecule has 0 aliphatic carbocycles. The highest BCUT2D eigenvalue weighted by atomic mass is 32.2. The summed E-state index contributed by atoms with van der Waals surface area (Å²) in [5.41, 5.74) is 2.36. The fourth-order valence-corrected chi connectivity index (χ4v) is 4.72. The SMILES string of the molecule is Cc1c(NCc2ccccc2CN2CCC2)cc(F)c(S(=O)(=O)Nc2ccncn2)c1F.O=C(O)C(F)(F)F. The summed E-state index contributed by atoms with van der Waals surface area (Å²) in [5.74, 6) is -5.18. The molecule has 1 aliphatic rings. The molecule has 9 nitrogen and oxygen atoms in total. The number of nitrogens with zero attached hydrogens (tertiary/aromatic N) is 3. The zero-order valence-corrected chi connectivity index (χ0v) is 21.3. The van der Waals surface area contributed by atoms with Crippen molar-refractivity contribution in [1.29, 1.82) is 0 Å². The van der Waals surface area contributed by atoms with Crippen LogP contribution in [0.25, 0.3) is 0 Å². The van der Waals surface area contributed by atoms with Crippen LogP contribution in [0.1, 0.15) is 23.1 Å². The van der Waals surface area contributed by atoms with Crippen molar-refractivity contribution in [2.45, 2.75) is 37.5 Å². The van der Waals surface area contributed by atoms with Gasteiger partial charge in [0.05, 0.1) is 0 Å². The van der Waals surface area contributed by atoms with Gasteiger partial charge in [0, 0.05) is 30.5 Å². The highest BCUT2D eigenvalue weighted by Crippen LogP contribution is 2.29. The maximum atomic E-state index is 15.0. The molecule has 210 valence electrons. The summed E-state index contributed by atoms with van der Waals surface area (Å²) < 4.78 is 88.8. The van der Waals surface area contributed by atoms with Gasteiger partial charge in [-0.25, -0.2) is 32.0 Å². The number of aromatic nitrogens is 2. The molecule has 0 bridgehead atoms. The van der Waals surface area contributed by atoms with E-state index in [0.717, 1.165) is 43.2 Å². The minimum Gasteiger partial charge on any atom is -0.475 e. The van der Waals surface area contributed by atoms with Crippen molar-refractivity contribution in [3.05, 3.63) is 77.2 Å². The van der Waals surface area contributed by atoms with Crippen molar-refractivity contribution in [1.82, 2.24) is 14.9 Å². The Morgan fingerprint density at radius 2 is 1.77 bits per heavy atom. The molecule has 0 atom stereocenters. The molecule has 1 aromatic heterocycles. The van der Waals surface area contributed by atoms with E-state index in [2.05, 4.69) is 24.9 Å². The van der Waals surface area contributed by atoms with Crippen molar-refractivity contribution in [2.75, 3.05) is 23.1 Å². The van der Waals surface area contributed by atoms with Gasteiger partial charge in [-0.05, 0) is 49.7 Å². The molecule has 0 spiro atoms. The van der Waals surface area contributed by atoms with Gasteiger partial charge in [0.25, 0.3) is 10.0 Å². The summed E-state index contributed by atoms with van der Waals surface area (Å²) in [6, 6.07) is 10.2. The van der Waals surface area contributed by atoms with Crippen LogP contribution in [0.3, 0.4) is 0 Å². The third kappa shape index (κ3) is 7.83. The molecule has 1 aliphatic heterocycles. The third-order valence-electron chi connectivity index (χ3n) is 5.68. The van der Waals surface area contributed by atoms with Crippen molar-refractivity contribution in [3.8, 4) is 0 Å².